The number of ether oxygens (including phenoxy) is 1. The molecule has 0 fully saturated rings. The summed E-state index contributed by atoms with van der Waals surface area (Å²) >= 11 is 0. The van der Waals surface area contributed by atoms with Gasteiger partial charge in [0, 0.05) is 18.0 Å². The molecule has 0 radical (unpaired) electrons. The molecule has 0 bridgehead atoms. The molecule has 6 heteroatoms. The number of carbonyl (C=O) groups excluding carboxylic acids is 1. The van der Waals surface area contributed by atoms with Crippen molar-refractivity contribution in [2.45, 2.75) is 32.8 Å². The molecular weight excluding hydrogens is 296 g/mol. The van der Waals surface area contributed by atoms with Gasteiger partial charge in [-0.15, -0.1) is 0 Å². The van der Waals surface area contributed by atoms with Gasteiger partial charge < -0.3 is 19.7 Å². The van der Waals surface area contributed by atoms with Crippen LogP contribution in [0.1, 0.15) is 41.5 Å². The molecule has 2 atom stereocenters. The molecule has 1 aromatic carbocycles. The van der Waals surface area contributed by atoms with Gasteiger partial charge in [0.2, 0.25) is 0 Å². The molecule has 2 aromatic rings. The highest BCUT2D eigenvalue weighted by Gasteiger charge is 2.21. The zero-order valence-corrected chi connectivity index (χ0v) is 13.8. The van der Waals surface area contributed by atoms with Crippen molar-refractivity contribution in [3.63, 3.8) is 0 Å². The molecule has 0 aliphatic carbocycles. The zero-order valence-electron chi connectivity index (χ0n) is 13.8. The third-order valence-corrected chi connectivity index (χ3v) is 3.82. The number of methoxy groups -OCH3 is 1. The number of nitrogens with one attached hydrogen (secondary N) is 1. The van der Waals surface area contributed by atoms with Crippen molar-refractivity contribution in [3.8, 4) is 5.75 Å². The van der Waals surface area contributed by atoms with E-state index >= 15 is 0 Å². The smallest absolute Gasteiger partial charge is 0.253 e. The third kappa shape index (κ3) is 3.90. The Kier molecular flexibility index (Phi) is 5.39. The lowest BCUT2D eigenvalue weighted by Gasteiger charge is -2.16. The molecule has 1 heterocycles. The normalized spacial score (nSPS) is 13.4. The molecule has 1 amide bonds. The van der Waals surface area contributed by atoms with Gasteiger partial charge in [0.25, 0.3) is 5.91 Å². The first-order valence-electron chi connectivity index (χ1n) is 7.46. The van der Waals surface area contributed by atoms with E-state index in [1.165, 1.54) is 7.11 Å². The first kappa shape index (κ1) is 17.0. The van der Waals surface area contributed by atoms with E-state index in [-0.39, 0.29) is 5.92 Å². The summed E-state index contributed by atoms with van der Waals surface area (Å²) in [5.74, 6) is 0.940. The molecule has 23 heavy (non-hydrogen) atoms. The molecule has 0 aliphatic heterocycles. The van der Waals surface area contributed by atoms with Crippen LogP contribution >= 0.6 is 0 Å². The Hall–Kier alpha value is -2.34. The quantitative estimate of drug-likeness (QED) is 0.853. The van der Waals surface area contributed by atoms with E-state index in [4.69, 9.17) is 9.26 Å². The van der Waals surface area contributed by atoms with Gasteiger partial charge in [0.05, 0.1) is 12.8 Å². The second kappa shape index (κ2) is 7.28. The first-order valence-corrected chi connectivity index (χ1v) is 7.46. The third-order valence-electron chi connectivity index (χ3n) is 3.82. The Morgan fingerprint density at radius 1 is 1.43 bits per heavy atom. The number of aryl methyl sites for hydroxylation is 2. The maximum atomic E-state index is 12.1. The topological polar surface area (TPSA) is 84.6 Å². The summed E-state index contributed by atoms with van der Waals surface area (Å²) in [5, 5.41) is 16.8. The first-order chi connectivity index (χ1) is 10.9. The van der Waals surface area contributed by atoms with E-state index in [9.17, 15) is 9.90 Å². The molecule has 2 N–H and O–H groups in total. The number of carbonyl (C=O) groups is 1. The molecule has 0 aliphatic rings. The van der Waals surface area contributed by atoms with Crippen molar-refractivity contribution in [1.82, 2.24) is 10.5 Å². The summed E-state index contributed by atoms with van der Waals surface area (Å²) in [5.41, 5.74) is 2.30. The summed E-state index contributed by atoms with van der Waals surface area (Å²) in [4.78, 5) is 12.1. The second-order valence-electron chi connectivity index (χ2n) is 5.56. The van der Waals surface area contributed by atoms with Crippen molar-refractivity contribution >= 4 is 5.91 Å². The van der Waals surface area contributed by atoms with Crippen molar-refractivity contribution in [2.75, 3.05) is 13.7 Å². The van der Waals surface area contributed by atoms with Crippen LogP contribution in [0.4, 0.5) is 0 Å². The minimum Gasteiger partial charge on any atom is -0.497 e. The van der Waals surface area contributed by atoms with Crippen LogP contribution in [0.3, 0.4) is 0 Å². The zero-order chi connectivity index (χ0) is 17.0. The lowest BCUT2D eigenvalue weighted by molar-refractivity contribution is -0.129. The Morgan fingerprint density at radius 3 is 2.78 bits per heavy atom. The number of aliphatic hydroxyl groups is 1. The Balaban J connectivity index is 1.98. The van der Waals surface area contributed by atoms with Gasteiger partial charge >= 0.3 is 0 Å². The Morgan fingerprint density at radius 2 is 2.17 bits per heavy atom. The van der Waals surface area contributed by atoms with E-state index in [0.717, 1.165) is 17.0 Å². The van der Waals surface area contributed by atoms with Crippen molar-refractivity contribution in [2.24, 2.45) is 0 Å². The lowest BCUT2D eigenvalue weighted by Crippen LogP contribution is -2.32. The number of amides is 1. The fourth-order valence-electron chi connectivity index (χ4n) is 2.61. The number of nitrogens with zero attached hydrogens (tertiary/aromatic N) is 1. The predicted octanol–water partition coefficient (Wildman–Crippen LogP) is 2.25. The predicted molar refractivity (Wildman–Crippen MR) is 85.4 cm³/mol. The highest BCUT2D eigenvalue weighted by molar-refractivity contribution is 5.82. The van der Waals surface area contributed by atoms with Crippen molar-refractivity contribution in [3.05, 3.63) is 46.8 Å². The van der Waals surface area contributed by atoms with Gasteiger partial charge in [-0.25, -0.2) is 0 Å². The molecule has 0 saturated heterocycles. The van der Waals surface area contributed by atoms with E-state index in [1.54, 1.807) is 24.3 Å². The number of hydrogen-bond acceptors (Lipinski definition) is 5. The molecule has 1 aromatic heterocycles. The number of benzene rings is 1. The van der Waals surface area contributed by atoms with Gasteiger partial charge in [-0.3, -0.25) is 4.79 Å². The van der Waals surface area contributed by atoms with Crippen LogP contribution in [0.5, 0.6) is 5.75 Å². The van der Waals surface area contributed by atoms with Crippen molar-refractivity contribution in [1.29, 1.82) is 0 Å². The minimum absolute atomic E-state index is 0.0442. The molecule has 2 rings (SSSR count). The van der Waals surface area contributed by atoms with Crippen LogP contribution < -0.4 is 10.1 Å². The number of aromatic nitrogens is 1. The molecule has 6 nitrogen and oxygen atoms in total. The van der Waals surface area contributed by atoms with E-state index in [1.807, 2.05) is 20.8 Å². The summed E-state index contributed by atoms with van der Waals surface area (Å²) in [6.45, 7) is 6.08. The Labute approximate surface area is 135 Å². The van der Waals surface area contributed by atoms with Crippen molar-refractivity contribution < 1.29 is 19.2 Å². The number of rotatable bonds is 6. The highest BCUT2D eigenvalue weighted by atomic mass is 16.5. The summed E-state index contributed by atoms with van der Waals surface area (Å²) in [7, 11) is 1.54. The number of hydrogen-bond donors (Lipinski definition) is 2. The molecule has 0 spiro atoms. The van der Waals surface area contributed by atoms with Gasteiger partial charge in [-0.2, -0.15) is 0 Å². The minimum atomic E-state index is -1.23. The van der Waals surface area contributed by atoms with E-state index in [0.29, 0.717) is 17.9 Å². The lowest BCUT2D eigenvalue weighted by atomic mass is 9.99. The molecule has 2 unspecified atom stereocenters. The molecule has 0 saturated carbocycles. The van der Waals surface area contributed by atoms with Crippen LogP contribution in [-0.2, 0) is 4.79 Å². The van der Waals surface area contributed by atoms with Crippen LogP contribution in [0, 0.1) is 13.8 Å². The SMILES string of the molecule is COc1cccc(C(O)C(=O)NCC(C)c2c(C)noc2C)c1. The van der Waals surface area contributed by atoms with Gasteiger partial charge in [0.15, 0.2) is 6.10 Å². The van der Waals surface area contributed by atoms with Crippen LogP contribution in [0.15, 0.2) is 28.8 Å². The molecule has 124 valence electrons. The fourth-order valence-corrected chi connectivity index (χ4v) is 2.61. The van der Waals surface area contributed by atoms with Crippen LogP contribution in [0.25, 0.3) is 0 Å². The van der Waals surface area contributed by atoms with Gasteiger partial charge in [-0.1, -0.05) is 24.2 Å². The van der Waals surface area contributed by atoms with E-state index in [2.05, 4.69) is 10.5 Å². The fraction of sp³-hybridized carbons (Fsp3) is 0.412. The van der Waals surface area contributed by atoms with Gasteiger partial charge in [-0.05, 0) is 31.5 Å². The maximum absolute atomic E-state index is 12.1. The largest absolute Gasteiger partial charge is 0.497 e. The van der Waals surface area contributed by atoms with E-state index < -0.39 is 12.0 Å². The summed E-state index contributed by atoms with van der Waals surface area (Å²) in [6.07, 6.45) is -1.23. The van der Waals surface area contributed by atoms with Gasteiger partial charge in [0.1, 0.15) is 11.5 Å². The molecular formula is C17H22N2O4. The maximum Gasteiger partial charge on any atom is 0.253 e. The average Bonchev–Trinajstić information content (AvgIpc) is 2.90. The second-order valence-corrected chi connectivity index (χ2v) is 5.56. The van der Waals surface area contributed by atoms with Crippen LogP contribution in [0.2, 0.25) is 0 Å². The standard InChI is InChI=1S/C17H22N2O4/c1-10(15-11(2)19-23-12(15)3)9-18-17(21)16(20)13-6-5-7-14(8-13)22-4/h5-8,10,16,20H,9H2,1-4H3,(H,18,21). The average molecular weight is 318 g/mol. The van der Waals surface area contributed by atoms with Crippen LogP contribution in [-0.4, -0.2) is 29.8 Å². The Bertz CT molecular complexity index is 661. The monoisotopic (exact) mass is 318 g/mol. The summed E-state index contributed by atoms with van der Waals surface area (Å²) < 4.78 is 10.2. The number of aliphatic hydroxyl groups excluding tert-OH is 1. The highest BCUT2D eigenvalue weighted by Crippen LogP contribution is 2.23. The summed E-state index contributed by atoms with van der Waals surface area (Å²) in [6, 6.07) is 6.82.